The van der Waals surface area contributed by atoms with Crippen LogP contribution in [0.5, 0.6) is 0 Å². The molecule has 1 aromatic rings. The van der Waals surface area contributed by atoms with Gasteiger partial charge in [-0.2, -0.15) is 0 Å². The Morgan fingerprint density at radius 2 is 2.29 bits per heavy atom. The van der Waals surface area contributed by atoms with Crippen LogP contribution in [0.15, 0.2) is 24.3 Å². The Hall–Kier alpha value is 0.0600. The number of anilines is 1. The minimum atomic E-state index is 0.794. The summed E-state index contributed by atoms with van der Waals surface area (Å²) in [6, 6.07) is 8.62. The minimum Gasteiger partial charge on any atom is -0.369 e. The Bertz CT molecular complexity index is 308. The van der Waals surface area contributed by atoms with Crippen LogP contribution < -0.4 is 4.90 Å². The molecule has 1 aliphatic heterocycles. The lowest BCUT2D eigenvalue weighted by atomic mass is 10.2. The molecule has 4 heteroatoms. The maximum Gasteiger partial charge on any atom is 0.0798 e. The van der Waals surface area contributed by atoms with Crippen molar-refractivity contribution in [2.45, 2.75) is 6.42 Å². The second kappa shape index (κ2) is 5.23. The van der Waals surface area contributed by atoms with Crippen LogP contribution >= 0.6 is 30.4 Å². The summed E-state index contributed by atoms with van der Waals surface area (Å²) in [6.45, 7) is 2.92. The summed E-state index contributed by atoms with van der Waals surface area (Å²) in [6.07, 6.45) is 1.17. The van der Waals surface area contributed by atoms with Crippen molar-refractivity contribution in [3.63, 3.8) is 0 Å². The van der Waals surface area contributed by atoms with Crippen molar-refractivity contribution in [3.8, 4) is 0 Å². The van der Waals surface area contributed by atoms with E-state index in [4.69, 9.17) is 4.18 Å². The zero-order valence-electron chi connectivity index (χ0n) is 7.78. The van der Waals surface area contributed by atoms with Crippen LogP contribution in [0.3, 0.4) is 0 Å². The summed E-state index contributed by atoms with van der Waals surface area (Å²) in [4.78, 5) is 2.39. The summed E-state index contributed by atoms with van der Waals surface area (Å²) in [5.74, 6) is 0. The Morgan fingerprint density at radius 1 is 1.43 bits per heavy atom. The fourth-order valence-corrected chi connectivity index (χ4v) is 2.49. The molecule has 0 unspecified atom stereocenters. The number of fused-ring (bicyclic) bond motifs is 1. The Morgan fingerprint density at radius 3 is 3.14 bits per heavy atom. The van der Waals surface area contributed by atoms with Gasteiger partial charge in [0.1, 0.15) is 0 Å². The first-order valence-corrected chi connectivity index (χ1v) is 7.93. The third-order valence-corrected chi connectivity index (χ3v) is 3.49. The smallest absolute Gasteiger partial charge is 0.0798 e. The van der Waals surface area contributed by atoms with Gasteiger partial charge in [0.05, 0.1) is 15.8 Å². The Balaban J connectivity index is 1.96. The molecule has 14 heavy (non-hydrogen) atoms. The molecule has 0 fully saturated rings. The molecular formula is C10H12INOS. The van der Waals surface area contributed by atoms with Gasteiger partial charge in [-0.1, -0.05) is 18.2 Å². The molecule has 0 radical (unpaired) electrons. The van der Waals surface area contributed by atoms with E-state index in [1.54, 1.807) is 0 Å². The fourth-order valence-electron chi connectivity index (χ4n) is 1.82. The lowest BCUT2D eigenvalue weighted by molar-refractivity contribution is 0.388. The van der Waals surface area contributed by atoms with Gasteiger partial charge in [0, 0.05) is 40.0 Å². The summed E-state index contributed by atoms with van der Waals surface area (Å²) in [5, 5.41) is 0. The van der Waals surface area contributed by atoms with Gasteiger partial charge in [-0.25, -0.2) is 0 Å². The predicted octanol–water partition coefficient (Wildman–Crippen LogP) is 3.06. The van der Waals surface area contributed by atoms with Gasteiger partial charge in [-0.05, 0) is 18.1 Å². The number of benzene rings is 1. The van der Waals surface area contributed by atoms with E-state index >= 15 is 0 Å². The molecule has 0 bridgehead atoms. The first kappa shape index (κ1) is 10.6. The van der Waals surface area contributed by atoms with Gasteiger partial charge in [-0.15, -0.1) is 0 Å². The van der Waals surface area contributed by atoms with Gasteiger partial charge >= 0.3 is 0 Å². The van der Waals surface area contributed by atoms with Crippen LogP contribution in [-0.4, -0.2) is 19.7 Å². The topological polar surface area (TPSA) is 12.5 Å². The van der Waals surface area contributed by atoms with E-state index in [0.29, 0.717) is 0 Å². The first-order chi connectivity index (χ1) is 6.92. The number of halogens is 1. The number of nitrogens with zero attached hydrogens (tertiary/aromatic N) is 1. The van der Waals surface area contributed by atoms with Crippen LogP contribution in [0, 0.1) is 0 Å². The molecule has 0 saturated heterocycles. The second-order valence-corrected chi connectivity index (χ2v) is 4.69. The van der Waals surface area contributed by atoms with Gasteiger partial charge in [0.15, 0.2) is 0 Å². The van der Waals surface area contributed by atoms with Crippen molar-refractivity contribution in [3.05, 3.63) is 29.8 Å². The lowest BCUT2D eigenvalue weighted by Gasteiger charge is -2.18. The molecule has 76 valence electrons. The minimum absolute atomic E-state index is 0.794. The fraction of sp³-hybridized carbons (Fsp3) is 0.400. The van der Waals surface area contributed by atoms with Crippen LogP contribution in [0.2, 0.25) is 0 Å². The molecule has 0 N–H and O–H groups in total. The van der Waals surface area contributed by atoms with Crippen molar-refractivity contribution < 1.29 is 4.18 Å². The third-order valence-electron chi connectivity index (χ3n) is 2.47. The number of rotatable bonds is 4. The molecule has 1 aliphatic rings. The zero-order chi connectivity index (χ0) is 9.80. The molecule has 0 saturated carbocycles. The van der Waals surface area contributed by atoms with E-state index in [2.05, 4.69) is 50.4 Å². The molecule has 2 nitrogen and oxygen atoms in total. The predicted molar refractivity (Wildman–Crippen MR) is 69.9 cm³/mol. The highest BCUT2D eigenvalue weighted by molar-refractivity contribution is 14.2. The normalized spacial score (nSPS) is 14.5. The second-order valence-electron chi connectivity index (χ2n) is 3.25. The quantitative estimate of drug-likeness (QED) is 0.480. The maximum atomic E-state index is 5.27. The van der Waals surface area contributed by atoms with E-state index in [-0.39, 0.29) is 0 Å². The summed E-state index contributed by atoms with van der Waals surface area (Å²) < 4.78 is 5.27. The maximum absolute atomic E-state index is 5.27. The van der Waals surface area contributed by atoms with Crippen LogP contribution in [0.25, 0.3) is 0 Å². The first-order valence-electron chi connectivity index (χ1n) is 4.65. The molecule has 2 rings (SSSR count). The molecule has 1 aromatic carbocycles. The standard InChI is InChI=1S/C10H12INOS/c11-14-13-8-7-12-6-5-9-3-1-2-4-10(9)12/h1-4H,5-8H2. The van der Waals surface area contributed by atoms with Crippen molar-refractivity contribution in [1.29, 1.82) is 0 Å². The van der Waals surface area contributed by atoms with Gasteiger partial charge in [-0.3, -0.25) is 0 Å². The number of hydrogen-bond donors (Lipinski definition) is 0. The molecule has 0 aliphatic carbocycles. The summed E-state index contributed by atoms with van der Waals surface area (Å²) >= 11 is 2.15. The molecule has 0 amide bonds. The van der Waals surface area contributed by atoms with E-state index in [9.17, 15) is 0 Å². The molecule has 0 spiro atoms. The lowest BCUT2D eigenvalue weighted by Crippen LogP contribution is -2.24. The molecule has 1 heterocycles. The Kier molecular flexibility index (Phi) is 3.95. The highest BCUT2D eigenvalue weighted by Crippen LogP contribution is 2.27. The average molecular weight is 321 g/mol. The van der Waals surface area contributed by atoms with Gasteiger partial charge < -0.3 is 9.08 Å². The Labute approximate surface area is 101 Å². The van der Waals surface area contributed by atoms with Gasteiger partial charge in [0.2, 0.25) is 0 Å². The summed E-state index contributed by atoms with van der Waals surface area (Å²) in [7, 11) is 1.41. The van der Waals surface area contributed by atoms with Crippen molar-refractivity contribution in [2.24, 2.45) is 0 Å². The largest absolute Gasteiger partial charge is 0.369 e. The van der Waals surface area contributed by atoms with Crippen LogP contribution in [0.1, 0.15) is 5.56 Å². The molecule has 0 atom stereocenters. The van der Waals surface area contributed by atoms with E-state index in [0.717, 1.165) is 19.7 Å². The number of hydrogen-bond acceptors (Lipinski definition) is 3. The third kappa shape index (κ3) is 2.35. The van der Waals surface area contributed by atoms with Crippen LogP contribution in [-0.2, 0) is 10.6 Å². The molecule has 0 aromatic heterocycles. The monoisotopic (exact) mass is 321 g/mol. The van der Waals surface area contributed by atoms with Crippen molar-refractivity contribution in [2.75, 3.05) is 24.6 Å². The van der Waals surface area contributed by atoms with E-state index in [1.165, 1.54) is 26.9 Å². The zero-order valence-corrected chi connectivity index (χ0v) is 10.8. The van der Waals surface area contributed by atoms with E-state index < -0.39 is 0 Å². The van der Waals surface area contributed by atoms with Gasteiger partial charge in [0.25, 0.3) is 0 Å². The highest BCUT2D eigenvalue weighted by Gasteiger charge is 2.17. The molecular weight excluding hydrogens is 309 g/mol. The van der Waals surface area contributed by atoms with Crippen molar-refractivity contribution >= 4 is 36.1 Å². The van der Waals surface area contributed by atoms with Crippen molar-refractivity contribution in [1.82, 2.24) is 0 Å². The van der Waals surface area contributed by atoms with Crippen LogP contribution in [0.4, 0.5) is 5.69 Å². The highest BCUT2D eigenvalue weighted by atomic mass is 127. The number of para-hydroxylation sites is 1. The average Bonchev–Trinajstić information content (AvgIpc) is 2.63. The summed E-state index contributed by atoms with van der Waals surface area (Å²) in [5.41, 5.74) is 2.85. The van der Waals surface area contributed by atoms with E-state index in [1.807, 2.05) is 0 Å². The SMILES string of the molecule is ISOCCN1CCc2ccccc21.